The van der Waals surface area contributed by atoms with Gasteiger partial charge in [-0.1, -0.05) is 42.5 Å². The van der Waals surface area contributed by atoms with E-state index >= 15 is 0 Å². The van der Waals surface area contributed by atoms with Gasteiger partial charge < -0.3 is 9.84 Å². The Bertz CT molecular complexity index is 895. The number of ether oxygens (including phenoxy) is 1. The average Bonchev–Trinajstić information content (AvgIpc) is 3.30. The molecule has 1 amide bonds. The number of unbranched alkanes of at least 4 members (excludes halogenated alkanes) is 2. The molecule has 2 heterocycles. The Morgan fingerprint density at radius 1 is 1.24 bits per heavy atom. The van der Waals surface area contributed by atoms with E-state index in [1.54, 1.807) is 10.4 Å². The molecule has 1 aromatic heterocycles. The first-order chi connectivity index (χ1) is 14.0. The van der Waals surface area contributed by atoms with Crippen molar-refractivity contribution in [2.24, 2.45) is 0 Å². The molecule has 0 aliphatic carbocycles. The topological polar surface area (TPSA) is 79.7 Å². The van der Waals surface area contributed by atoms with Gasteiger partial charge in [-0.3, -0.25) is 14.5 Å². The highest BCUT2D eigenvalue weighted by Gasteiger charge is 2.31. The third-order valence-corrected chi connectivity index (χ3v) is 6.21. The summed E-state index contributed by atoms with van der Waals surface area (Å²) in [5.74, 6) is -0.149. The van der Waals surface area contributed by atoms with Gasteiger partial charge in [0.15, 0.2) is 0 Å². The molecule has 0 spiro atoms. The summed E-state index contributed by atoms with van der Waals surface area (Å²) < 4.78 is 6.24. The molecule has 1 saturated heterocycles. The SMILES string of the molecule is O=C(O)CCCCCN1C(=O)/C(=C\c2ccc(OCc3cscn3)cc2)SC1=S. The van der Waals surface area contributed by atoms with Crippen LogP contribution in [0.2, 0.25) is 0 Å². The van der Waals surface area contributed by atoms with Gasteiger partial charge in [0, 0.05) is 18.3 Å². The van der Waals surface area contributed by atoms with Crippen LogP contribution in [0, 0.1) is 0 Å². The van der Waals surface area contributed by atoms with Crippen LogP contribution >= 0.6 is 35.3 Å². The number of thioether (sulfide) groups is 1. The van der Waals surface area contributed by atoms with Gasteiger partial charge in [-0.15, -0.1) is 11.3 Å². The van der Waals surface area contributed by atoms with Crippen LogP contribution in [0.4, 0.5) is 0 Å². The number of carbonyl (C=O) groups is 2. The number of hydrogen-bond donors (Lipinski definition) is 1. The minimum atomic E-state index is -0.793. The Morgan fingerprint density at radius 2 is 2.03 bits per heavy atom. The quantitative estimate of drug-likeness (QED) is 0.324. The molecule has 0 unspecified atom stereocenters. The lowest BCUT2D eigenvalue weighted by atomic mass is 10.2. The van der Waals surface area contributed by atoms with Crippen LogP contribution in [0.5, 0.6) is 5.75 Å². The molecule has 0 saturated carbocycles. The monoisotopic (exact) mass is 448 g/mol. The second-order valence-corrected chi connectivity index (χ2v) is 8.77. The molecule has 29 heavy (non-hydrogen) atoms. The van der Waals surface area contributed by atoms with E-state index in [0.717, 1.165) is 29.8 Å². The van der Waals surface area contributed by atoms with E-state index in [4.69, 9.17) is 22.1 Å². The second-order valence-electron chi connectivity index (χ2n) is 6.38. The van der Waals surface area contributed by atoms with E-state index in [-0.39, 0.29) is 12.3 Å². The van der Waals surface area contributed by atoms with Crippen LogP contribution < -0.4 is 4.74 Å². The minimum Gasteiger partial charge on any atom is -0.487 e. The number of carboxylic acids is 1. The van der Waals surface area contributed by atoms with Crippen molar-refractivity contribution >= 4 is 57.6 Å². The molecule has 1 N–H and O–H groups in total. The number of hydrogen-bond acceptors (Lipinski definition) is 7. The zero-order valence-corrected chi connectivity index (χ0v) is 18.0. The van der Waals surface area contributed by atoms with Gasteiger partial charge in [0.25, 0.3) is 5.91 Å². The third kappa shape index (κ3) is 6.38. The molecule has 3 rings (SSSR count). The zero-order valence-electron chi connectivity index (χ0n) is 15.6. The van der Waals surface area contributed by atoms with Crippen molar-refractivity contribution in [3.63, 3.8) is 0 Å². The van der Waals surface area contributed by atoms with Gasteiger partial charge in [0.2, 0.25) is 0 Å². The molecule has 0 atom stereocenters. The molecule has 152 valence electrons. The normalized spacial score (nSPS) is 15.3. The fraction of sp³-hybridized carbons (Fsp3) is 0.300. The third-order valence-electron chi connectivity index (χ3n) is 4.19. The van der Waals surface area contributed by atoms with Gasteiger partial charge in [-0.05, 0) is 36.6 Å². The summed E-state index contributed by atoms with van der Waals surface area (Å²) in [7, 11) is 0. The van der Waals surface area contributed by atoms with Crippen molar-refractivity contribution in [3.8, 4) is 5.75 Å². The van der Waals surface area contributed by atoms with Crippen molar-refractivity contribution < 1.29 is 19.4 Å². The van der Waals surface area contributed by atoms with Crippen LogP contribution in [0.3, 0.4) is 0 Å². The Balaban J connectivity index is 1.52. The lowest BCUT2D eigenvalue weighted by molar-refractivity contribution is -0.137. The first-order valence-electron chi connectivity index (χ1n) is 9.10. The standard InChI is InChI=1S/C20H20N2O4S3/c23-18(24)4-2-1-3-9-22-19(25)17(29-20(22)27)10-14-5-7-16(8-6-14)26-11-15-12-28-13-21-15/h5-8,10,12-13H,1-4,9,11H2,(H,23,24)/b17-10+. The molecule has 1 aromatic carbocycles. The van der Waals surface area contributed by atoms with Crippen LogP contribution in [0.15, 0.2) is 40.1 Å². The van der Waals surface area contributed by atoms with E-state index in [9.17, 15) is 9.59 Å². The van der Waals surface area contributed by atoms with Crippen LogP contribution in [-0.2, 0) is 16.2 Å². The summed E-state index contributed by atoms with van der Waals surface area (Å²) in [6, 6.07) is 7.52. The number of thiocarbonyl (C=S) groups is 1. The zero-order chi connectivity index (χ0) is 20.6. The van der Waals surface area contributed by atoms with Crippen molar-refractivity contribution in [2.75, 3.05) is 6.54 Å². The number of rotatable bonds is 10. The number of benzene rings is 1. The smallest absolute Gasteiger partial charge is 0.303 e. The molecule has 6 nitrogen and oxygen atoms in total. The van der Waals surface area contributed by atoms with Crippen molar-refractivity contribution in [1.29, 1.82) is 0 Å². The summed E-state index contributed by atoms with van der Waals surface area (Å²) in [4.78, 5) is 29.5. The van der Waals surface area contributed by atoms with Crippen LogP contribution in [0.1, 0.15) is 36.9 Å². The Hall–Kier alpha value is -2.23. The number of carbonyl (C=O) groups excluding carboxylic acids is 1. The van der Waals surface area contributed by atoms with E-state index in [1.165, 1.54) is 23.1 Å². The highest BCUT2D eigenvalue weighted by molar-refractivity contribution is 8.26. The number of carboxylic acid groups (broad SMARTS) is 1. The van der Waals surface area contributed by atoms with E-state index in [0.29, 0.717) is 28.8 Å². The van der Waals surface area contributed by atoms with Crippen molar-refractivity contribution in [2.45, 2.75) is 32.3 Å². The lowest BCUT2D eigenvalue weighted by Gasteiger charge is -2.13. The minimum absolute atomic E-state index is 0.0953. The Labute approximate surface area is 182 Å². The van der Waals surface area contributed by atoms with E-state index in [1.807, 2.05) is 35.7 Å². The number of aliphatic carboxylic acids is 1. The second kappa shape index (κ2) is 10.5. The molecule has 1 fully saturated rings. The first-order valence-corrected chi connectivity index (χ1v) is 11.3. The summed E-state index contributed by atoms with van der Waals surface area (Å²) in [5, 5.41) is 10.6. The van der Waals surface area contributed by atoms with E-state index < -0.39 is 5.97 Å². The van der Waals surface area contributed by atoms with Gasteiger partial charge in [0.1, 0.15) is 16.7 Å². The molecular formula is C20H20N2O4S3. The first kappa shape index (κ1) is 21.5. The Kier molecular flexibility index (Phi) is 7.79. The fourth-order valence-electron chi connectivity index (χ4n) is 2.69. The molecule has 1 aliphatic heterocycles. The summed E-state index contributed by atoms with van der Waals surface area (Å²) in [6.45, 7) is 0.943. The van der Waals surface area contributed by atoms with Crippen molar-refractivity contribution in [1.82, 2.24) is 9.88 Å². The van der Waals surface area contributed by atoms with Crippen molar-refractivity contribution in [3.05, 3.63) is 51.3 Å². The largest absolute Gasteiger partial charge is 0.487 e. The molecular weight excluding hydrogens is 428 g/mol. The number of nitrogens with zero attached hydrogens (tertiary/aromatic N) is 2. The average molecular weight is 449 g/mol. The predicted molar refractivity (Wildman–Crippen MR) is 119 cm³/mol. The number of thiazole rings is 1. The van der Waals surface area contributed by atoms with Gasteiger partial charge in [-0.2, -0.15) is 0 Å². The highest BCUT2D eigenvalue weighted by atomic mass is 32.2. The van der Waals surface area contributed by atoms with Gasteiger partial charge in [-0.25, -0.2) is 4.98 Å². The Morgan fingerprint density at radius 3 is 2.72 bits per heavy atom. The fourth-order valence-corrected chi connectivity index (χ4v) is 4.55. The lowest BCUT2D eigenvalue weighted by Crippen LogP contribution is -2.29. The molecule has 9 heteroatoms. The molecule has 1 aliphatic rings. The highest BCUT2D eigenvalue weighted by Crippen LogP contribution is 2.33. The maximum absolute atomic E-state index is 12.6. The molecule has 0 bridgehead atoms. The summed E-state index contributed by atoms with van der Waals surface area (Å²) in [6.07, 6.45) is 4.08. The predicted octanol–water partition coefficient (Wildman–Crippen LogP) is 4.57. The molecule has 2 aromatic rings. The van der Waals surface area contributed by atoms with Crippen LogP contribution in [0.25, 0.3) is 6.08 Å². The summed E-state index contributed by atoms with van der Waals surface area (Å²) >= 11 is 8.16. The van der Waals surface area contributed by atoms with Gasteiger partial charge >= 0.3 is 5.97 Å². The molecule has 0 radical (unpaired) electrons. The summed E-state index contributed by atoms with van der Waals surface area (Å²) in [5.41, 5.74) is 3.56. The number of aromatic nitrogens is 1. The maximum Gasteiger partial charge on any atom is 0.303 e. The number of amides is 1. The van der Waals surface area contributed by atoms with Gasteiger partial charge in [0.05, 0.1) is 16.1 Å². The van der Waals surface area contributed by atoms with E-state index in [2.05, 4.69) is 4.98 Å². The maximum atomic E-state index is 12.6. The van der Waals surface area contributed by atoms with Crippen LogP contribution in [-0.4, -0.2) is 37.7 Å².